The third-order valence-electron chi connectivity index (χ3n) is 4.34. The highest BCUT2D eigenvalue weighted by atomic mass is 16.4. The minimum atomic E-state index is -0.927. The lowest BCUT2D eigenvalue weighted by atomic mass is 10.1. The largest absolute Gasteiger partial charge is 0.478 e. The highest BCUT2D eigenvalue weighted by Crippen LogP contribution is 2.29. The lowest BCUT2D eigenvalue weighted by Gasteiger charge is -2.13. The van der Waals surface area contributed by atoms with E-state index in [1.807, 2.05) is 6.07 Å². The number of aryl methyl sites for hydroxylation is 1. The molecule has 1 heterocycles. The number of benzene rings is 1. The Balaban J connectivity index is 1.98. The van der Waals surface area contributed by atoms with Crippen LogP contribution in [0.25, 0.3) is 11.0 Å². The van der Waals surface area contributed by atoms with Gasteiger partial charge in [0.2, 0.25) is 0 Å². The van der Waals surface area contributed by atoms with Crippen molar-refractivity contribution in [2.45, 2.75) is 45.3 Å². The molecule has 2 unspecified atom stereocenters. The van der Waals surface area contributed by atoms with Crippen LogP contribution in [0.2, 0.25) is 0 Å². The summed E-state index contributed by atoms with van der Waals surface area (Å²) in [5.74, 6) is 0.527. The number of hydrogen-bond donors (Lipinski definition) is 2. The van der Waals surface area contributed by atoms with Crippen LogP contribution in [0, 0.1) is 5.92 Å². The molecule has 5 heteroatoms. The number of carboxylic acid groups (broad SMARTS) is 1. The van der Waals surface area contributed by atoms with Crippen LogP contribution in [-0.2, 0) is 13.0 Å². The van der Waals surface area contributed by atoms with Crippen LogP contribution in [0.15, 0.2) is 18.2 Å². The highest BCUT2D eigenvalue weighted by molar-refractivity contribution is 5.92. The fourth-order valence-corrected chi connectivity index (χ4v) is 3.26. The number of aliphatic hydroxyl groups excluding tert-OH is 1. The first-order chi connectivity index (χ1) is 10.1. The van der Waals surface area contributed by atoms with Crippen molar-refractivity contribution in [1.29, 1.82) is 0 Å². The van der Waals surface area contributed by atoms with Crippen LogP contribution in [0.3, 0.4) is 0 Å². The normalized spacial score (nSPS) is 22.0. The number of nitrogens with zero attached hydrogens (tertiary/aromatic N) is 2. The first kappa shape index (κ1) is 14.1. The standard InChI is InChI=1S/C16H20N2O3/c1-2-15-17-13-8-11(16(20)21)4-6-14(13)18(15)9-10-3-5-12(19)7-10/h4,6,8,10,12,19H,2-3,5,7,9H2,1H3,(H,20,21). The van der Waals surface area contributed by atoms with E-state index in [0.717, 1.165) is 49.1 Å². The number of rotatable bonds is 4. The lowest BCUT2D eigenvalue weighted by Crippen LogP contribution is -2.11. The number of aromatic carboxylic acids is 1. The summed E-state index contributed by atoms with van der Waals surface area (Å²) in [5, 5.41) is 18.7. The Bertz CT molecular complexity index is 677. The smallest absolute Gasteiger partial charge is 0.335 e. The van der Waals surface area contributed by atoms with Crippen molar-refractivity contribution in [1.82, 2.24) is 9.55 Å². The van der Waals surface area contributed by atoms with Gasteiger partial charge in [-0.1, -0.05) is 6.92 Å². The van der Waals surface area contributed by atoms with Gasteiger partial charge in [-0.15, -0.1) is 0 Å². The van der Waals surface area contributed by atoms with Gasteiger partial charge in [-0.3, -0.25) is 0 Å². The molecule has 0 saturated heterocycles. The number of fused-ring (bicyclic) bond motifs is 1. The zero-order valence-corrected chi connectivity index (χ0v) is 12.1. The minimum absolute atomic E-state index is 0.173. The van der Waals surface area contributed by atoms with Crippen molar-refractivity contribution >= 4 is 17.0 Å². The average Bonchev–Trinajstić information content (AvgIpc) is 3.02. The number of aliphatic hydroxyl groups is 1. The molecule has 2 atom stereocenters. The molecule has 5 nitrogen and oxygen atoms in total. The summed E-state index contributed by atoms with van der Waals surface area (Å²) < 4.78 is 2.18. The third kappa shape index (κ3) is 2.65. The Morgan fingerprint density at radius 1 is 1.43 bits per heavy atom. The van der Waals surface area contributed by atoms with Gasteiger partial charge in [0.15, 0.2) is 0 Å². The van der Waals surface area contributed by atoms with Gasteiger partial charge in [0.05, 0.1) is 22.7 Å². The molecule has 21 heavy (non-hydrogen) atoms. The molecule has 0 bridgehead atoms. The van der Waals surface area contributed by atoms with Gasteiger partial charge in [0, 0.05) is 13.0 Å². The maximum atomic E-state index is 11.1. The van der Waals surface area contributed by atoms with Crippen LogP contribution in [0.1, 0.15) is 42.4 Å². The number of aromatic nitrogens is 2. The molecule has 1 aliphatic rings. The Morgan fingerprint density at radius 3 is 2.86 bits per heavy atom. The first-order valence-corrected chi connectivity index (χ1v) is 7.49. The molecule has 1 aliphatic carbocycles. The molecule has 1 aromatic carbocycles. The van der Waals surface area contributed by atoms with Gasteiger partial charge >= 0.3 is 5.97 Å². The first-order valence-electron chi connectivity index (χ1n) is 7.49. The predicted octanol–water partition coefficient (Wildman–Crippen LogP) is 2.46. The SMILES string of the molecule is CCc1nc2cc(C(=O)O)ccc2n1CC1CCC(O)C1. The van der Waals surface area contributed by atoms with E-state index >= 15 is 0 Å². The van der Waals surface area contributed by atoms with Gasteiger partial charge in [-0.25, -0.2) is 9.78 Å². The number of imidazole rings is 1. The van der Waals surface area contributed by atoms with E-state index in [-0.39, 0.29) is 11.7 Å². The van der Waals surface area contributed by atoms with Crippen molar-refractivity contribution in [2.75, 3.05) is 0 Å². The second kappa shape index (κ2) is 5.48. The van der Waals surface area contributed by atoms with E-state index in [0.29, 0.717) is 5.92 Å². The summed E-state index contributed by atoms with van der Waals surface area (Å²) in [6.45, 7) is 2.91. The third-order valence-corrected chi connectivity index (χ3v) is 4.34. The fourth-order valence-electron chi connectivity index (χ4n) is 3.26. The van der Waals surface area contributed by atoms with Gasteiger partial charge in [0.1, 0.15) is 5.82 Å². The lowest BCUT2D eigenvalue weighted by molar-refractivity contribution is 0.0697. The molecule has 0 spiro atoms. The minimum Gasteiger partial charge on any atom is -0.478 e. The summed E-state index contributed by atoms with van der Waals surface area (Å²) in [4.78, 5) is 15.6. The molecule has 0 aliphatic heterocycles. The Labute approximate surface area is 123 Å². The molecule has 0 radical (unpaired) electrons. The zero-order chi connectivity index (χ0) is 15.0. The molecule has 3 rings (SSSR count). The van der Waals surface area contributed by atoms with Gasteiger partial charge in [-0.05, 0) is 43.4 Å². The number of hydrogen-bond acceptors (Lipinski definition) is 3. The molecule has 1 saturated carbocycles. The second-order valence-corrected chi connectivity index (χ2v) is 5.83. The fraction of sp³-hybridized carbons (Fsp3) is 0.500. The monoisotopic (exact) mass is 288 g/mol. The molecule has 2 aromatic rings. The molecule has 112 valence electrons. The number of carbonyl (C=O) groups is 1. The summed E-state index contributed by atoms with van der Waals surface area (Å²) in [5.41, 5.74) is 2.00. The van der Waals surface area contributed by atoms with E-state index in [1.54, 1.807) is 12.1 Å². The van der Waals surface area contributed by atoms with Crippen molar-refractivity contribution in [2.24, 2.45) is 5.92 Å². The van der Waals surface area contributed by atoms with Crippen LogP contribution in [0.4, 0.5) is 0 Å². The number of carboxylic acids is 1. The van der Waals surface area contributed by atoms with E-state index in [1.165, 1.54) is 0 Å². The van der Waals surface area contributed by atoms with Crippen molar-refractivity contribution in [3.8, 4) is 0 Å². The molecular weight excluding hydrogens is 268 g/mol. The zero-order valence-electron chi connectivity index (χ0n) is 12.1. The van der Waals surface area contributed by atoms with E-state index in [2.05, 4.69) is 16.5 Å². The summed E-state index contributed by atoms with van der Waals surface area (Å²) in [6.07, 6.45) is 3.40. The van der Waals surface area contributed by atoms with Crippen LogP contribution < -0.4 is 0 Å². The maximum absolute atomic E-state index is 11.1. The summed E-state index contributed by atoms with van der Waals surface area (Å²) in [6, 6.07) is 5.11. The Morgan fingerprint density at radius 2 is 2.24 bits per heavy atom. The predicted molar refractivity (Wildman–Crippen MR) is 79.4 cm³/mol. The quantitative estimate of drug-likeness (QED) is 0.906. The topological polar surface area (TPSA) is 75.3 Å². The van der Waals surface area contributed by atoms with Crippen LogP contribution >= 0.6 is 0 Å². The molecule has 0 amide bonds. The summed E-state index contributed by atoms with van der Waals surface area (Å²) >= 11 is 0. The molecule has 1 aromatic heterocycles. The average molecular weight is 288 g/mol. The van der Waals surface area contributed by atoms with Crippen LogP contribution in [-0.4, -0.2) is 31.8 Å². The van der Waals surface area contributed by atoms with Crippen molar-refractivity contribution in [3.63, 3.8) is 0 Å². The second-order valence-electron chi connectivity index (χ2n) is 5.83. The van der Waals surface area contributed by atoms with Crippen molar-refractivity contribution < 1.29 is 15.0 Å². The van der Waals surface area contributed by atoms with E-state index in [4.69, 9.17) is 5.11 Å². The highest BCUT2D eigenvalue weighted by Gasteiger charge is 2.24. The van der Waals surface area contributed by atoms with Gasteiger partial charge in [-0.2, -0.15) is 0 Å². The Kier molecular flexibility index (Phi) is 3.68. The maximum Gasteiger partial charge on any atom is 0.335 e. The molecular formula is C16H20N2O3. The van der Waals surface area contributed by atoms with Crippen LogP contribution in [0.5, 0.6) is 0 Å². The van der Waals surface area contributed by atoms with Crippen molar-refractivity contribution in [3.05, 3.63) is 29.6 Å². The van der Waals surface area contributed by atoms with E-state index < -0.39 is 5.97 Å². The Hall–Kier alpha value is -1.88. The van der Waals surface area contributed by atoms with Gasteiger partial charge in [0.25, 0.3) is 0 Å². The van der Waals surface area contributed by atoms with Gasteiger partial charge < -0.3 is 14.8 Å². The molecule has 1 fully saturated rings. The van der Waals surface area contributed by atoms with E-state index in [9.17, 15) is 9.90 Å². The molecule has 2 N–H and O–H groups in total. The summed E-state index contributed by atoms with van der Waals surface area (Å²) in [7, 11) is 0.